The van der Waals surface area contributed by atoms with Crippen LogP contribution in [0.3, 0.4) is 0 Å². The van der Waals surface area contributed by atoms with Gasteiger partial charge in [-0.1, -0.05) is 42.8 Å². The third-order valence-electron chi connectivity index (χ3n) is 4.38. The van der Waals surface area contributed by atoms with Crippen LogP contribution < -0.4 is 5.32 Å². The van der Waals surface area contributed by atoms with Crippen molar-refractivity contribution in [3.63, 3.8) is 0 Å². The highest BCUT2D eigenvalue weighted by molar-refractivity contribution is 7.91. The maximum absolute atomic E-state index is 11.8. The van der Waals surface area contributed by atoms with Gasteiger partial charge in [-0.2, -0.15) is 0 Å². The predicted molar refractivity (Wildman–Crippen MR) is 88.5 cm³/mol. The molecule has 1 N–H and O–H groups in total. The van der Waals surface area contributed by atoms with Gasteiger partial charge in [0.15, 0.2) is 0 Å². The number of nitrogens with one attached hydrogen (secondary N) is 1. The van der Waals surface area contributed by atoms with Gasteiger partial charge in [0.05, 0.1) is 5.25 Å². The predicted octanol–water partition coefficient (Wildman–Crippen LogP) is 3.61. The first-order valence-corrected chi connectivity index (χ1v) is 9.42. The zero-order valence-electron chi connectivity index (χ0n) is 12.2. The number of fused-ring (bicyclic) bond motifs is 1. The second kappa shape index (κ2) is 5.68. The van der Waals surface area contributed by atoms with E-state index in [1.807, 2.05) is 18.2 Å². The quantitative estimate of drug-likeness (QED) is 0.942. The summed E-state index contributed by atoms with van der Waals surface area (Å²) in [5.41, 5.74) is 1.10. The van der Waals surface area contributed by atoms with Crippen LogP contribution in [0.4, 0.5) is 5.69 Å². The van der Waals surface area contributed by atoms with Crippen molar-refractivity contribution < 1.29 is 8.42 Å². The summed E-state index contributed by atoms with van der Waals surface area (Å²) in [5.74, 6) is 0. The lowest BCUT2D eigenvalue weighted by atomic mass is 9.94. The van der Waals surface area contributed by atoms with Crippen LogP contribution >= 0.6 is 0 Å². The molecule has 112 valence electrons. The maximum Gasteiger partial charge on any atom is 0.150 e. The summed E-state index contributed by atoms with van der Waals surface area (Å²) in [5, 5.41) is 5.77. The average Bonchev–Trinajstić information content (AvgIpc) is 2.47. The van der Waals surface area contributed by atoms with Crippen LogP contribution in [0.2, 0.25) is 0 Å². The number of hydrogen-bond acceptors (Lipinski definition) is 3. The van der Waals surface area contributed by atoms with E-state index in [0.29, 0.717) is 6.42 Å². The van der Waals surface area contributed by atoms with Crippen LogP contribution in [-0.4, -0.2) is 26.0 Å². The molecule has 1 saturated carbocycles. The zero-order chi connectivity index (χ0) is 14.9. The van der Waals surface area contributed by atoms with Crippen molar-refractivity contribution in [2.45, 2.75) is 37.0 Å². The lowest BCUT2D eigenvalue weighted by Gasteiger charge is -2.29. The smallest absolute Gasteiger partial charge is 0.150 e. The van der Waals surface area contributed by atoms with Gasteiger partial charge in [0.2, 0.25) is 0 Å². The Kier molecular flexibility index (Phi) is 3.89. The SMILES string of the molecule is CS(=O)(=O)C1CCCC(Nc2cccc3ccccc23)C1. The molecule has 0 heterocycles. The summed E-state index contributed by atoms with van der Waals surface area (Å²) in [7, 11) is -2.93. The van der Waals surface area contributed by atoms with Crippen LogP contribution in [0.1, 0.15) is 25.7 Å². The molecule has 2 aromatic carbocycles. The molecule has 0 amide bonds. The average molecular weight is 303 g/mol. The van der Waals surface area contributed by atoms with Gasteiger partial charge < -0.3 is 5.32 Å². The van der Waals surface area contributed by atoms with Gasteiger partial charge in [-0.15, -0.1) is 0 Å². The number of hydrogen-bond donors (Lipinski definition) is 1. The van der Waals surface area contributed by atoms with Gasteiger partial charge in [0.1, 0.15) is 9.84 Å². The van der Waals surface area contributed by atoms with Crippen molar-refractivity contribution in [2.75, 3.05) is 11.6 Å². The summed E-state index contributed by atoms with van der Waals surface area (Å²) >= 11 is 0. The van der Waals surface area contributed by atoms with E-state index in [9.17, 15) is 8.42 Å². The summed E-state index contributed by atoms with van der Waals surface area (Å²) in [6.07, 6.45) is 4.88. The monoisotopic (exact) mass is 303 g/mol. The van der Waals surface area contributed by atoms with Crippen molar-refractivity contribution in [3.8, 4) is 0 Å². The fraction of sp³-hybridized carbons (Fsp3) is 0.412. The van der Waals surface area contributed by atoms with Crippen molar-refractivity contribution in [1.29, 1.82) is 0 Å². The molecule has 2 aromatic rings. The molecule has 0 spiro atoms. The minimum absolute atomic E-state index is 0.196. The minimum atomic E-state index is -2.93. The summed E-state index contributed by atoms with van der Waals surface area (Å²) in [6.45, 7) is 0. The molecule has 0 bridgehead atoms. The first kappa shape index (κ1) is 14.4. The van der Waals surface area contributed by atoms with Crippen molar-refractivity contribution in [2.24, 2.45) is 0 Å². The molecule has 2 atom stereocenters. The van der Waals surface area contributed by atoms with Gasteiger partial charge >= 0.3 is 0 Å². The van der Waals surface area contributed by atoms with E-state index in [4.69, 9.17) is 0 Å². The van der Waals surface area contributed by atoms with Crippen LogP contribution in [-0.2, 0) is 9.84 Å². The van der Waals surface area contributed by atoms with Gasteiger partial charge in [-0.05, 0) is 30.7 Å². The minimum Gasteiger partial charge on any atom is -0.382 e. The van der Waals surface area contributed by atoms with E-state index in [-0.39, 0.29) is 11.3 Å². The zero-order valence-corrected chi connectivity index (χ0v) is 13.1. The molecule has 3 nitrogen and oxygen atoms in total. The first-order chi connectivity index (χ1) is 10.0. The molecular formula is C17H21NO2S. The highest BCUT2D eigenvalue weighted by Crippen LogP contribution is 2.29. The van der Waals surface area contributed by atoms with Gasteiger partial charge in [-0.25, -0.2) is 8.42 Å². The molecule has 0 aromatic heterocycles. The Balaban J connectivity index is 1.82. The lowest BCUT2D eigenvalue weighted by Crippen LogP contribution is -2.34. The van der Waals surface area contributed by atoms with E-state index in [2.05, 4.69) is 29.6 Å². The third-order valence-corrected chi connectivity index (χ3v) is 6.02. The number of benzene rings is 2. The topological polar surface area (TPSA) is 46.2 Å². The highest BCUT2D eigenvalue weighted by Gasteiger charge is 2.28. The molecule has 0 radical (unpaired) electrons. The Morgan fingerprint density at radius 1 is 1.05 bits per heavy atom. The lowest BCUT2D eigenvalue weighted by molar-refractivity contribution is 0.453. The second-order valence-electron chi connectivity index (χ2n) is 5.99. The molecule has 2 unspecified atom stereocenters. The highest BCUT2D eigenvalue weighted by atomic mass is 32.2. The largest absolute Gasteiger partial charge is 0.382 e. The fourth-order valence-corrected chi connectivity index (χ4v) is 4.41. The number of rotatable bonds is 3. The Labute approximate surface area is 126 Å². The van der Waals surface area contributed by atoms with E-state index in [1.165, 1.54) is 17.0 Å². The Morgan fingerprint density at radius 2 is 1.81 bits per heavy atom. The Morgan fingerprint density at radius 3 is 2.62 bits per heavy atom. The van der Waals surface area contributed by atoms with Gasteiger partial charge in [-0.3, -0.25) is 0 Å². The molecule has 1 fully saturated rings. The van der Waals surface area contributed by atoms with Crippen LogP contribution in [0.15, 0.2) is 42.5 Å². The number of anilines is 1. The molecule has 1 aliphatic carbocycles. The van der Waals surface area contributed by atoms with Crippen LogP contribution in [0.5, 0.6) is 0 Å². The molecule has 4 heteroatoms. The van der Waals surface area contributed by atoms with Crippen LogP contribution in [0.25, 0.3) is 10.8 Å². The van der Waals surface area contributed by atoms with Crippen molar-refractivity contribution in [1.82, 2.24) is 0 Å². The molecule has 0 aliphatic heterocycles. The first-order valence-electron chi connectivity index (χ1n) is 7.47. The fourth-order valence-electron chi connectivity index (χ4n) is 3.24. The van der Waals surface area contributed by atoms with E-state index >= 15 is 0 Å². The second-order valence-corrected chi connectivity index (χ2v) is 8.31. The van der Waals surface area contributed by atoms with Crippen LogP contribution in [0, 0.1) is 0 Å². The van der Waals surface area contributed by atoms with E-state index in [1.54, 1.807) is 0 Å². The number of sulfone groups is 1. The molecule has 21 heavy (non-hydrogen) atoms. The summed E-state index contributed by atoms with van der Waals surface area (Å²) in [4.78, 5) is 0. The molecule has 3 rings (SSSR count). The maximum atomic E-state index is 11.8. The van der Waals surface area contributed by atoms with Crippen molar-refractivity contribution >= 4 is 26.3 Å². The third kappa shape index (κ3) is 3.21. The van der Waals surface area contributed by atoms with Crippen molar-refractivity contribution in [3.05, 3.63) is 42.5 Å². The molecule has 0 saturated heterocycles. The van der Waals surface area contributed by atoms with E-state index in [0.717, 1.165) is 24.9 Å². The van der Waals surface area contributed by atoms with E-state index < -0.39 is 9.84 Å². The Bertz CT molecular complexity index is 734. The molecular weight excluding hydrogens is 282 g/mol. The standard InChI is InChI=1S/C17H21NO2S/c1-21(19,20)15-9-5-8-14(12-15)18-17-11-4-7-13-6-2-3-10-16(13)17/h2-4,6-7,10-11,14-15,18H,5,8-9,12H2,1H3. The Hall–Kier alpha value is -1.55. The van der Waals surface area contributed by atoms with Gasteiger partial charge in [0.25, 0.3) is 0 Å². The normalized spacial score (nSPS) is 23.1. The molecule has 1 aliphatic rings. The summed E-state index contributed by atoms with van der Waals surface area (Å²) in [6, 6.07) is 14.7. The summed E-state index contributed by atoms with van der Waals surface area (Å²) < 4.78 is 23.5. The van der Waals surface area contributed by atoms with Gasteiger partial charge in [0, 0.05) is 23.4 Å².